The van der Waals surface area contributed by atoms with Crippen LogP contribution >= 0.6 is 46.6 Å². The molecule has 174 valence electrons. The van der Waals surface area contributed by atoms with E-state index in [9.17, 15) is 23.3 Å². The number of nitro benzene ring substituents is 1. The van der Waals surface area contributed by atoms with E-state index in [2.05, 4.69) is 5.32 Å². The van der Waals surface area contributed by atoms with Gasteiger partial charge in [-0.1, -0.05) is 58.7 Å². The maximum Gasteiger partial charge on any atom is 0.288 e. The Bertz CT molecular complexity index is 1470. The van der Waals surface area contributed by atoms with Crippen molar-refractivity contribution in [1.82, 2.24) is 0 Å². The zero-order valence-corrected chi connectivity index (χ0v) is 20.8. The number of hydrogen-bond acceptors (Lipinski definition) is 6. The highest BCUT2D eigenvalue weighted by Crippen LogP contribution is 2.41. The summed E-state index contributed by atoms with van der Waals surface area (Å²) in [7, 11) is -3.81. The summed E-state index contributed by atoms with van der Waals surface area (Å²) in [6.07, 6.45) is 1.47. The third-order valence-corrected chi connectivity index (χ3v) is 8.61. The highest BCUT2D eigenvalue weighted by molar-refractivity contribution is 8.04. The average molecular weight is 556 g/mol. The lowest BCUT2D eigenvalue weighted by atomic mass is 10.2. The number of thioether (sulfide) groups is 1. The van der Waals surface area contributed by atoms with E-state index < -0.39 is 26.4 Å². The zero-order valence-electron chi connectivity index (χ0n) is 16.9. The van der Waals surface area contributed by atoms with Gasteiger partial charge in [0.05, 0.1) is 26.2 Å². The van der Waals surface area contributed by atoms with Crippen LogP contribution in [0.3, 0.4) is 0 Å². The summed E-state index contributed by atoms with van der Waals surface area (Å²) in [6.45, 7) is 0. The van der Waals surface area contributed by atoms with Gasteiger partial charge in [-0.3, -0.25) is 14.9 Å². The first-order valence-electron chi connectivity index (χ1n) is 9.50. The third-order valence-electron chi connectivity index (χ3n) is 4.86. The molecule has 0 saturated heterocycles. The number of carbonyl (C=O) groups excluding carboxylic acids is 1. The minimum Gasteiger partial charge on any atom is -0.320 e. The number of anilines is 1. The molecule has 0 atom stereocenters. The fourth-order valence-corrected chi connectivity index (χ4v) is 6.55. The fourth-order valence-electron chi connectivity index (χ4n) is 3.18. The smallest absolute Gasteiger partial charge is 0.288 e. The van der Waals surface area contributed by atoms with E-state index in [1.54, 1.807) is 24.3 Å². The molecule has 1 heterocycles. The van der Waals surface area contributed by atoms with Gasteiger partial charge in [-0.2, -0.15) is 0 Å². The number of benzene rings is 3. The van der Waals surface area contributed by atoms with Crippen molar-refractivity contribution in [3.05, 3.63) is 95.8 Å². The van der Waals surface area contributed by atoms with Crippen LogP contribution in [0.5, 0.6) is 0 Å². The van der Waals surface area contributed by atoms with Crippen LogP contribution in [0.15, 0.2) is 69.3 Å². The van der Waals surface area contributed by atoms with Crippen molar-refractivity contribution in [1.29, 1.82) is 0 Å². The van der Waals surface area contributed by atoms with Crippen LogP contribution in [0, 0.1) is 10.1 Å². The first kappa shape index (κ1) is 24.6. The number of fused-ring (bicyclic) bond motifs is 1. The molecule has 3 aromatic rings. The summed E-state index contributed by atoms with van der Waals surface area (Å²) >= 11 is 19.2. The van der Waals surface area contributed by atoms with Gasteiger partial charge in [0, 0.05) is 26.6 Å². The molecule has 1 N–H and O–H groups in total. The summed E-state index contributed by atoms with van der Waals surface area (Å²) in [5.41, 5.74) is 0.858. The van der Waals surface area contributed by atoms with Crippen LogP contribution in [-0.4, -0.2) is 19.2 Å². The molecule has 0 unspecified atom stereocenters. The predicted octanol–water partition coefficient (Wildman–Crippen LogP) is 6.61. The van der Waals surface area contributed by atoms with Crippen LogP contribution in [-0.2, 0) is 20.4 Å². The maximum atomic E-state index is 13.1. The van der Waals surface area contributed by atoms with Crippen molar-refractivity contribution in [2.75, 3.05) is 5.32 Å². The normalized spacial score (nSPS) is 14.6. The molecule has 0 aliphatic carbocycles. The van der Waals surface area contributed by atoms with E-state index in [1.807, 2.05) is 0 Å². The molecule has 0 spiro atoms. The number of amides is 1. The monoisotopic (exact) mass is 554 g/mol. The van der Waals surface area contributed by atoms with Crippen molar-refractivity contribution < 1.29 is 18.1 Å². The van der Waals surface area contributed by atoms with Crippen molar-refractivity contribution >= 4 is 79.8 Å². The Morgan fingerprint density at radius 1 is 1.00 bits per heavy atom. The number of sulfone groups is 1. The summed E-state index contributed by atoms with van der Waals surface area (Å²) < 4.78 is 26.1. The second kappa shape index (κ2) is 9.59. The second-order valence-electron chi connectivity index (χ2n) is 7.15. The lowest BCUT2D eigenvalue weighted by Gasteiger charge is -2.19. The van der Waals surface area contributed by atoms with Gasteiger partial charge in [0.2, 0.25) is 0 Å². The van der Waals surface area contributed by atoms with Crippen molar-refractivity contribution in [3.8, 4) is 0 Å². The molecule has 0 radical (unpaired) electrons. The quantitative estimate of drug-likeness (QED) is 0.216. The predicted molar refractivity (Wildman–Crippen MR) is 134 cm³/mol. The molecule has 12 heteroatoms. The Morgan fingerprint density at radius 3 is 2.38 bits per heavy atom. The Balaban J connectivity index is 1.67. The molecule has 3 aromatic carbocycles. The number of nitrogens with zero attached hydrogens (tertiary/aromatic N) is 1. The molecular formula is C22H13Cl3N2O5S2. The van der Waals surface area contributed by atoms with Crippen LogP contribution in [0.25, 0.3) is 6.08 Å². The molecule has 34 heavy (non-hydrogen) atoms. The van der Waals surface area contributed by atoms with Crippen LogP contribution in [0.4, 0.5) is 11.4 Å². The van der Waals surface area contributed by atoms with Gasteiger partial charge in [0.25, 0.3) is 11.6 Å². The first-order chi connectivity index (χ1) is 16.0. The third kappa shape index (κ3) is 5.08. The van der Waals surface area contributed by atoms with Gasteiger partial charge in [-0.05, 0) is 48.0 Å². The largest absolute Gasteiger partial charge is 0.320 e. The Kier molecular flexibility index (Phi) is 6.93. The van der Waals surface area contributed by atoms with Crippen molar-refractivity contribution in [2.24, 2.45) is 0 Å². The van der Waals surface area contributed by atoms with Gasteiger partial charge < -0.3 is 5.32 Å². The molecule has 1 amide bonds. The SMILES string of the molecule is O=C1Nc2ccc(S(=O)(=O)Cc3c(Cl)cccc3Cl)cc2S/C1=C/c1ccc(Cl)c([N+](=O)[O-])c1. The van der Waals surface area contributed by atoms with Crippen LogP contribution in [0.2, 0.25) is 15.1 Å². The number of nitrogens with one attached hydrogen (secondary N) is 1. The summed E-state index contributed by atoms with van der Waals surface area (Å²) in [5.74, 6) is -0.813. The van der Waals surface area contributed by atoms with Gasteiger partial charge in [0.15, 0.2) is 9.84 Å². The molecule has 7 nitrogen and oxygen atoms in total. The Labute approximate surface area is 213 Å². The van der Waals surface area contributed by atoms with E-state index in [-0.39, 0.29) is 30.6 Å². The summed E-state index contributed by atoms with van der Waals surface area (Å²) in [5, 5.41) is 14.3. The number of hydrogen-bond donors (Lipinski definition) is 1. The number of nitro groups is 1. The van der Waals surface area contributed by atoms with E-state index in [4.69, 9.17) is 34.8 Å². The van der Waals surface area contributed by atoms with Crippen LogP contribution in [0.1, 0.15) is 11.1 Å². The molecular weight excluding hydrogens is 543 g/mol. The maximum absolute atomic E-state index is 13.1. The minimum atomic E-state index is -3.81. The highest BCUT2D eigenvalue weighted by atomic mass is 35.5. The fraction of sp³-hybridized carbons (Fsp3) is 0.0455. The molecule has 0 bridgehead atoms. The van der Waals surface area contributed by atoms with Crippen molar-refractivity contribution in [3.63, 3.8) is 0 Å². The second-order valence-corrected chi connectivity index (χ2v) is 11.4. The topological polar surface area (TPSA) is 106 Å². The van der Waals surface area contributed by atoms with E-state index in [0.717, 1.165) is 11.8 Å². The van der Waals surface area contributed by atoms with Crippen molar-refractivity contribution in [2.45, 2.75) is 15.5 Å². The Morgan fingerprint density at radius 2 is 1.71 bits per heavy atom. The summed E-state index contributed by atoms with van der Waals surface area (Å²) in [6, 6.07) is 13.3. The lowest BCUT2D eigenvalue weighted by molar-refractivity contribution is -0.384. The van der Waals surface area contributed by atoms with E-state index in [0.29, 0.717) is 21.7 Å². The standard InChI is InChI=1S/C22H13Cl3N2O5S2/c23-15-2-1-3-16(24)14(15)11-34(31,32)13-5-7-18-20(10-13)33-21(22(28)26-18)9-12-4-6-17(25)19(8-12)27(29)30/h1-10H,11H2,(H,26,28)/b21-9+. The van der Waals surface area contributed by atoms with Gasteiger partial charge in [0.1, 0.15) is 5.02 Å². The van der Waals surface area contributed by atoms with E-state index in [1.165, 1.54) is 36.4 Å². The average Bonchev–Trinajstić information content (AvgIpc) is 2.77. The number of rotatable bonds is 5. The summed E-state index contributed by atoms with van der Waals surface area (Å²) in [4.78, 5) is 23.8. The molecule has 0 fully saturated rings. The Hall–Kier alpha value is -2.56. The molecule has 4 rings (SSSR count). The van der Waals surface area contributed by atoms with Gasteiger partial charge in [-0.15, -0.1) is 0 Å². The number of carbonyl (C=O) groups is 1. The number of halogens is 3. The van der Waals surface area contributed by atoms with Gasteiger partial charge in [-0.25, -0.2) is 8.42 Å². The molecule has 1 aliphatic rings. The highest BCUT2D eigenvalue weighted by Gasteiger charge is 2.25. The van der Waals surface area contributed by atoms with E-state index >= 15 is 0 Å². The minimum absolute atomic E-state index is 0.0216. The zero-order chi connectivity index (χ0) is 24.6. The first-order valence-corrected chi connectivity index (χ1v) is 13.1. The molecule has 0 saturated carbocycles. The molecule has 0 aromatic heterocycles. The van der Waals surface area contributed by atoms with Crippen LogP contribution < -0.4 is 5.32 Å². The lowest BCUT2D eigenvalue weighted by Crippen LogP contribution is -2.17. The molecule has 1 aliphatic heterocycles. The van der Waals surface area contributed by atoms with Gasteiger partial charge >= 0.3 is 0 Å².